The molecule has 0 N–H and O–H groups in total. The van der Waals surface area contributed by atoms with Crippen LogP contribution in [0.4, 0.5) is 0 Å². The van der Waals surface area contributed by atoms with E-state index in [-0.39, 0.29) is 0 Å². The smallest absolute Gasteiger partial charge is 0.106 e. The first-order valence-electron chi connectivity index (χ1n) is 3.89. The average molecular weight is 163 g/mol. The molecular formula is C10H13NO. The van der Waals surface area contributed by atoms with Gasteiger partial charge < -0.3 is 4.84 Å². The zero-order valence-electron chi connectivity index (χ0n) is 7.66. The Balaban J connectivity index is 2.89. The van der Waals surface area contributed by atoms with Crippen molar-refractivity contribution >= 4 is 5.71 Å². The maximum absolute atomic E-state index is 4.68. The van der Waals surface area contributed by atoms with Gasteiger partial charge in [0, 0.05) is 0 Å². The summed E-state index contributed by atoms with van der Waals surface area (Å²) in [6.07, 6.45) is 0. The van der Waals surface area contributed by atoms with Gasteiger partial charge in [-0.3, -0.25) is 0 Å². The Morgan fingerprint density at radius 1 is 1.25 bits per heavy atom. The minimum Gasteiger partial charge on any atom is -0.399 e. The van der Waals surface area contributed by atoms with Crippen LogP contribution in [0.5, 0.6) is 0 Å². The third-order valence-corrected chi connectivity index (χ3v) is 1.70. The predicted molar refractivity (Wildman–Crippen MR) is 50.4 cm³/mol. The van der Waals surface area contributed by atoms with Crippen LogP contribution in [0.25, 0.3) is 0 Å². The van der Waals surface area contributed by atoms with Crippen LogP contribution in [0.3, 0.4) is 0 Å². The number of hydrogen-bond acceptors (Lipinski definition) is 2. The van der Waals surface area contributed by atoms with E-state index in [9.17, 15) is 0 Å². The Kier molecular flexibility index (Phi) is 2.86. The monoisotopic (exact) mass is 163 g/mol. The lowest BCUT2D eigenvalue weighted by Gasteiger charge is -1.99. The molecule has 0 heterocycles. The SMILES string of the molecule is CO/N=C(/C)c1ccc(C)cc1. The van der Waals surface area contributed by atoms with Crippen molar-refractivity contribution in [3.8, 4) is 0 Å². The molecule has 0 aliphatic rings. The molecule has 64 valence electrons. The van der Waals surface area contributed by atoms with E-state index in [2.05, 4.69) is 29.0 Å². The quantitative estimate of drug-likeness (QED) is 0.484. The van der Waals surface area contributed by atoms with Crippen molar-refractivity contribution in [1.82, 2.24) is 0 Å². The molecule has 0 unspecified atom stereocenters. The van der Waals surface area contributed by atoms with Crippen LogP contribution in [0.1, 0.15) is 18.1 Å². The molecule has 2 nitrogen and oxygen atoms in total. The van der Waals surface area contributed by atoms with Crippen LogP contribution in [-0.4, -0.2) is 12.8 Å². The second-order valence-corrected chi connectivity index (χ2v) is 2.73. The fraction of sp³-hybridized carbons (Fsp3) is 0.300. The fourth-order valence-electron chi connectivity index (χ4n) is 0.984. The molecule has 12 heavy (non-hydrogen) atoms. The molecule has 0 saturated heterocycles. The molecule has 1 aromatic rings. The van der Waals surface area contributed by atoms with Crippen LogP contribution in [-0.2, 0) is 4.84 Å². The Morgan fingerprint density at radius 2 is 1.83 bits per heavy atom. The fourth-order valence-corrected chi connectivity index (χ4v) is 0.984. The van der Waals surface area contributed by atoms with Gasteiger partial charge >= 0.3 is 0 Å². The van der Waals surface area contributed by atoms with Gasteiger partial charge in [-0.25, -0.2) is 0 Å². The average Bonchev–Trinajstić information content (AvgIpc) is 2.06. The lowest BCUT2D eigenvalue weighted by Crippen LogP contribution is -1.94. The molecule has 0 aliphatic carbocycles. The van der Waals surface area contributed by atoms with E-state index in [4.69, 9.17) is 0 Å². The van der Waals surface area contributed by atoms with Crippen molar-refractivity contribution in [2.24, 2.45) is 5.16 Å². The van der Waals surface area contributed by atoms with Gasteiger partial charge in [-0.05, 0) is 19.4 Å². The molecule has 2 heteroatoms. The zero-order chi connectivity index (χ0) is 8.97. The molecule has 0 radical (unpaired) electrons. The molecule has 0 saturated carbocycles. The predicted octanol–water partition coefficient (Wildman–Crippen LogP) is 2.37. The van der Waals surface area contributed by atoms with Crippen molar-refractivity contribution in [3.05, 3.63) is 35.4 Å². The Hall–Kier alpha value is -1.31. The van der Waals surface area contributed by atoms with E-state index in [1.807, 2.05) is 19.1 Å². The van der Waals surface area contributed by atoms with Gasteiger partial charge in [0.25, 0.3) is 0 Å². The summed E-state index contributed by atoms with van der Waals surface area (Å²) in [5.41, 5.74) is 3.25. The molecule has 1 rings (SSSR count). The lowest BCUT2D eigenvalue weighted by atomic mass is 10.1. The summed E-state index contributed by atoms with van der Waals surface area (Å²) in [6.45, 7) is 3.99. The molecule has 0 fully saturated rings. The van der Waals surface area contributed by atoms with Crippen LogP contribution in [0.15, 0.2) is 29.4 Å². The Labute approximate surface area is 72.9 Å². The van der Waals surface area contributed by atoms with Crippen LogP contribution in [0.2, 0.25) is 0 Å². The lowest BCUT2D eigenvalue weighted by molar-refractivity contribution is 0.213. The Bertz CT molecular complexity index is 274. The van der Waals surface area contributed by atoms with Gasteiger partial charge in [0.05, 0.1) is 5.71 Å². The van der Waals surface area contributed by atoms with Crippen molar-refractivity contribution in [3.63, 3.8) is 0 Å². The van der Waals surface area contributed by atoms with Crippen molar-refractivity contribution in [2.45, 2.75) is 13.8 Å². The molecule has 1 aromatic carbocycles. The molecule has 0 bridgehead atoms. The van der Waals surface area contributed by atoms with Crippen LogP contribution in [0, 0.1) is 6.92 Å². The van der Waals surface area contributed by atoms with Crippen molar-refractivity contribution in [1.29, 1.82) is 0 Å². The first kappa shape index (κ1) is 8.78. The van der Waals surface area contributed by atoms with E-state index in [1.165, 1.54) is 5.56 Å². The van der Waals surface area contributed by atoms with Gasteiger partial charge in [0.1, 0.15) is 7.11 Å². The van der Waals surface area contributed by atoms with E-state index in [0.29, 0.717) is 0 Å². The highest BCUT2D eigenvalue weighted by Gasteiger charge is 1.95. The highest BCUT2D eigenvalue weighted by molar-refractivity contribution is 5.98. The molecule has 0 amide bonds. The summed E-state index contributed by atoms with van der Waals surface area (Å²) >= 11 is 0. The summed E-state index contributed by atoms with van der Waals surface area (Å²) in [7, 11) is 1.55. The first-order chi connectivity index (χ1) is 5.74. The van der Waals surface area contributed by atoms with E-state index in [1.54, 1.807) is 7.11 Å². The largest absolute Gasteiger partial charge is 0.399 e. The third-order valence-electron chi connectivity index (χ3n) is 1.70. The number of benzene rings is 1. The minimum atomic E-state index is 0.900. The minimum absolute atomic E-state index is 0.900. The van der Waals surface area contributed by atoms with E-state index in [0.717, 1.165) is 11.3 Å². The molecule has 0 spiro atoms. The third kappa shape index (κ3) is 2.09. The Morgan fingerprint density at radius 3 is 2.33 bits per heavy atom. The number of oxime groups is 1. The van der Waals surface area contributed by atoms with Gasteiger partial charge in [0.2, 0.25) is 0 Å². The van der Waals surface area contributed by atoms with Gasteiger partial charge in [0.15, 0.2) is 0 Å². The zero-order valence-corrected chi connectivity index (χ0v) is 7.66. The molecule has 0 atom stereocenters. The van der Waals surface area contributed by atoms with Crippen molar-refractivity contribution < 1.29 is 4.84 Å². The number of aryl methyl sites for hydroxylation is 1. The highest BCUT2D eigenvalue weighted by Crippen LogP contribution is 2.04. The van der Waals surface area contributed by atoms with Crippen LogP contribution >= 0.6 is 0 Å². The summed E-state index contributed by atoms with van der Waals surface area (Å²) < 4.78 is 0. The number of rotatable bonds is 2. The standard InChI is InChI=1S/C10H13NO/c1-8-4-6-10(7-5-8)9(2)11-12-3/h4-7H,1-3H3/b11-9-. The second-order valence-electron chi connectivity index (χ2n) is 2.73. The molecule has 0 aliphatic heterocycles. The van der Waals surface area contributed by atoms with Crippen LogP contribution < -0.4 is 0 Å². The highest BCUT2D eigenvalue weighted by atomic mass is 16.6. The molecule has 0 aromatic heterocycles. The summed E-state index contributed by atoms with van der Waals surface area (Å²) in [5.74, 6) is 0. The maximum Gasteiger partial charge on any atom is 0.106 e. The summed E-state index contributed by atoms with van der Waals surface area (Å²) in [4.78, 5) is 4.68. The topological polar surface area (TPSA) is 21.6 Å². The number of hydrogen-bond donors (Lipinski definition) is 0. The normalized spacial score (nSPS) is 11.4. The van der Waals surface area contributed by atoms with Gasteiger partial charge in [-0.2, -0.15) is 0 Å². The van der Waals surface area contributed by atoms with Gasteiger partial charge in [-0.1, -0.05) is 35.0 Å². The molecular weight excluding hydrogens is 150 g/mol. The summed E-state index contributed by atoms with van der Waals surface area (Å²) in [5, 5.41) is 3.84. The van der Waals surface area contributed by atoms with Crippen molar-refractivity contribution in [2.75, 3.05) is 7.11 Å². The van der Waals surface area contributed by atoms with Gasteiger partial charge in [-0.15, -0.1) is 0 Å². The first-order valence-corrected chi connectivity index (χ1v) is 3.89. The summed E-state index contributed by atoms with van der Waals surface area (Å²) in [6, 6.07) is 8.19. The van der Waals surface area contributed by atoms with E-state index < -0.39 is 0 Å². The maximum atomic E-state index is 4.68. The second kappa shape index (κ2) is 3.90. The number of nitrogens with zero attached hydrogens (tertiary/aromatic N) is 1. The van der Waals surface area contributed by atoms with E-state index >= 15 is 0 Å².